The number of aliphatic hydroxyl groups excluding tert-OH is 1. The number of carbonyl (C=O) groups excluding carboxylic acids is 2. The quantitative estimate of drug-likeness (QED) is 0.106. The first-order valence-corrected chi connectivity index (χ1v) is 19.2. The zero-order valence-corrected chi connectivity index (χ0v) is 31.9. The number of rotatable bonds is 15. The monoisotopic (exact) mass is 747 g/mol. The Morgan fingerprint density at radius 2 is 1.75 bits per heavy atom. The molecule has 4 N–H and O–H groups in total. The van der Waals surface area contributed by atoms with E-state index in [9.17, 15) is 14.7 Å². The number of benzene rings is 3. The summed E-state index contributed by atoms with van der Waals surface area (Å²) >= 11 is 12.4. The number of nitrogens with zero attached hydrogens (tertiary/aromatic N) is 3. The van der Waals surface area contributed by atoms with Crippen LogP contribution in [0.15, 0.2) is 60.7 Å². The van der Waals surface area contributed by atoms with Crippen LogP contribution in [0.1, 0.15) is 76.5 Å². The van der Waals surface area contributed by atoms with Gasteiger partial charge in [0.2, 0.25) is 5.91 Å². The maximum Gasteiger partial charge on any atom is 0.302 e. The highest BCUT2D eigenvalue weighted by molar-refractivity contribution is 6.42. The molecule has 52 heavy (non-hydrogen) atoms. The number of primary amides is 1. The van der Waals surface area contributed by atoms with Crippen LogP contribution >= 0.6 is 23.2 Å². The summed E-state index contributed by atoms with van der Waals surface area (Å²) in [6, 6.07) is 19.8. The van der Waals surface area contributed by atoms with Crippen LogP contribution in [0.25, 0.3) is 22.4 Å². The van der Waals surface area contributed by atoms with Crippen LogP contribution in [-0.4, -0.2) is 52.8 Å². The molecule has 6 rings (SSSR count). The lowest BCUT2D eigenvalue weighted by atomic mass is 9.57. The van der Waals surface area contributed by atoms with Crippen molar-refractivity contribution in [3.8, 4) is 11.4 Å². The van der Waals surface area contributed by atoms with Gasteiger partial charge in [0.25, 0.3) is 0 Å². The summed E-state index contributed by atoms with van der Waals surface area (Å²) < 4.78 is 7.61. The van der Waals surface area contributed by atoms with Crippen LogP contribution in [0.5, 0.6) is 0 Å². The predicted molar refractivity (Wildman–Crippen MR) is 208 cm³/mol. The van der Waals surface area contributed by atoms with Crippen molar-refractivity contribution >= 4 is 51.8 Å². The number of anilines is 1. The van der Waals surface area contributed by atoms with Crippen LogP contribution in [-0.2, 0) is 27.4 Å². The lowest BCUT2D eigenvalue weighted by Gasteiger charge is -2.50. The largest absolute Gasteiger partial charge is 0.464 e. The van der Waals surface area contributed by atoms with Crippen LogP contribution < -0.4 is 16.0 Å². The molecular weight excluding hydrogens is 697 g/mol. The molecule has 3 atom stereocenters. The van der Waals surface area contributed by atoms with E-state index in [0.29, 0.717) is 41.5 Å². The molecule has 1 amide bonds. The zero-order chi connectivity index (χ0) is 37.0. The summed E-state index contributed by atoms with van der Waals surface area (Å²) in [6.07, 6.45) is 6.42. The highest BCUT2D eigenvalue weighted by Crippen LogP contribution is 2.54. The number of hydrogen-bond donors (Lipinski definition) is 3. The van der Waals surface area contributed by atoms with Gasteiger partial charge >= 0.3 is 5.97 Å². The number of nitrogens with one attached hydrogen (secondary N) is 1. The van der Waals surface area contributed by atoms with E-state index < -0.39 is 5.91 Å². The number of fused-ring (bicyclic) bond motifs is 3. The number of ether oxygens (including phenoxy) is 1. The van der Waals surface area contributed by atoms with Gasteiger partial charge in [0, 0.05) is 50.3 Å². The standard InChI is InChI=1S/C41H51Cl2N5O4/c1-26-16-30-17-27(2)22-41(21-26,23-30)25-48-38-11-7-32(36(20-39(44)51)45-24-29-4-10-34(42)35(43)18-29)19-37(38)46-40(48)31-5-8-33(9-6-31)47(12-14-49)13-15-52-28(3)50/h4-11,18-19,26-27,30,36,45,49H,12-17,20-25H2,1-3H3,(H2,44,51). The van der Waals surface area contributed by atoms with Gasteiger partial charge < -0.3 is 30.4 Å². The van der Waals surface area contributed by atoms with Gasteiger partial charge in [0.05, 0.1) is 34.2 Å². The number of aliphatic hydroxyl groups is 1. The second-order valence-electron chi connectivity index (χ2n) is 15.4. The van der Waals surface area contributed by atoms with E-state index in [1.54, 1.807) is 6.07 Å². The van der Waals surface area contributed by atoms with Crippen molar-refractivity contribution in [2.45, 2.75) is 78.4 Å². The van der Waals surface area contributed by atoms with Gasteiger partial charge in [0.15, 0.2) is 0 Å². The first-order valence-electron chi connectivity index (χ1n) is 18.5. The molecular formula is C41H51Cl2N5O4. The van der Waals surface area contributed by atoms with E-state index in [1.165, 1.54) is 39.0 Å². The van der Waals surface area contributed by atoms with Gasteiger partial charge in [-0.3, -0.25) is 9.59 Å². The van der Waals surface area contributed by atoms with E-state index in [1.807, 2.05) is 29.2 Å². The number of amides is 1. The average molecular weight is 749 g/mol. The summed E-state index contributed by atoms with van der Waals surface area (Å²) in [7, 11) is 0. The highest BCUT2D eigenvalue weighted by Gasteiger charge is 2.45. The van der Waals surface area contributed by atoms with E-state index >= 15 is 0 Å². The molecule has 4 aromatic rings. The van der Waals surface area contributed by atoms with Crippen LogP contribution in [0.2, 0.25) is 10.0 Å². The second-order valence-corrected chi connectivity index (χ2v) is 16.2. The van der Waals surface area contributed by atoms with Crippen LogP contribution in [0.3, 0.4) is 0 Å². The summed E-state index contributed by atoms with van der Waals surface area (Å²) in [5, 5.41) is 14.2. The molecule has 278 valence electrons. The molecule has 0 radical (unpaired) electrons. The first-order chi connectivity index (χ1) is 24.9. The Morgan fingerprint density at radius 3 is 2.40 bits per heavy atom. The fraction of sp³-hybridized carbons (Fsp3) is 0.488. The number of halogens is 2. The molecule has 1 heterocycles. The summed E-state index contributed by atoms with van der Waals surface area (Å²) in [5.41, 5.74) is 11.7. The summed E-state index contributed by atoms with van der Waals surface area (Å²) in [4.78, 5) is 30.9. The van der Waals surface area contributed by atoms with E-state index in [0.717, 1.165) is 51.7 Å². The summed E-state index contributed by atoms with van der Waals surface area (Å²) in [5.74, 6) is 2.33. The minimum atomic E-state index is -0.396. The van der Waals surface area contributed by atoms with Crippen molar-refractivity contribution in [3.63, 3.8) is 0 Å². The van der Waals surface area contributed by atoms with Gasteiger partial charge in [-0.25, -0.2) is 4.98 Å². The molecule has 1 aromatic heterocycles. The Bertz CT molecular complexity index is 1860. The number of nitrogens with two attached hydrogens (primary N) is 1. The minimum absolute atomic E-state index is 0.0150. The Kier molecular flexibility index (Phi) is 12.2. The van der Waals surface area contributed by atoms with Crippen molar-refractivity contribution in [2.24, 2.45) is 28.9 Å². The first kappa shape index (κ1) is 38.1. The normalized spacial score (nSPS) is 21.9. The van der Waals surface area contributed by atoms with Crippen molar-refractivity contribution in [2.75, 3.05) is 31.2 Å². The molecule has 2 saturated carbocycles. The molecule has 3 unspecified atom stereocenters. The Hall–Kier alpha value is -3.63. The fourth-order valence-corrected chi connectivity index (χ4v) is 9.51. The zero-order valence-electron chi connectivity index (χ0n) is 30.4. The fourth-order valence-electron chi connectivity index (χ4n) is 9.19. The predicted octanol–water partition coefficient (Wildman–Crippen LogP) is 7.93. The Morgan fingerprint density at radius 1 is 1.02 bits per heavy atom. The second kappa shape index (κ2) is 16.6. The van der Waals surface area contributed by atoms with Crippen molar-refractivity contribution < 1.29 is 19.4 Å². The van der Waals surface area contributed by atoms with Crippen molar-refractivity contribution in [1.29, 1.82) is 0 Å². The lowest BCUT2D eigenvalue weighted by molar-refractivity contribution is -0.140. The molecule has 0 aliphatic heterocycles. The molecule has 2 aliphatic carbocycles. The number of imidazole rings is 1. The smallest absolute Gasteiger partial charge is 0.302 e. The third-order valence-corrected chi connectivity index (χ3v) is 11.6. The van der Waals surface area contributed by atoms with Crippen LogP contribution in [0, 0.1) is 23.2 Å². The number of carbonyl (C=O) groups is 2. The van der Waals surface area contributed by atoms with Gasteiger partial charge in [-0.1, -0.05) is 49.2 Å². The minimum Gasteiger partial charge on any atom is -0.464 e. The topological polar surface area (TPSA) is 123 Å². The molecule has 0 saturated heterocycles. The van der Waals surface area contributed by atoms with Gasteiger partial charge in [-0.05, 0) is 115 Å². The molecule has 2 aliphatic rings. The third kappa shape index (κ3) is 9.11. The van der Waals surface area contributed by atoms with Crippen molar-refractivity contribution in [1.82, 2.24) is 14.9 Å². The van der Waals surface area contributed by atoms with E-state index in [4.69, 9.17) is 38.7 Å². The molecule has 2 bridgehead atoms. The van der Waals surface area contributed by atoms with Crippen molar-refractivity contribution in [3.05, 3.63) is 81.8 Å². The number of esters is 1. The SMILES string of the molecule is CC(=O)OCCN(CCO)c1ccc(-c2nc3cc(C(CC(N)=O)NCc4ccc(Cl)c(Cl)c4)ccc3n2CC23CC(C)CC(CC(C)C2)C3)cc1. The molecule has 11 heteroatoms. The Balaban J connectivity index is 1.36. The maximum absolute atomic E-state index is 12.3. The summed E-state index contributed by atoms with van der Waals surface area (Å²) in [6.45, 7) is 8.73. The maximum atomic E-state index is 12.3. The van der Waals surface area contributed by atoms with Gasteiger partial charge in [-0.2, -0.15) is 0 Å². The van der Waals surface area contributed by atoms with Crippen LogP contribution in [0.4, 0.5) is 5.69 Å². The number of aromatic nitrogens is 2. The van der Waals surface area contributed by atoms with Gasteiger partial charge in [-0.15, -0.1) is 0 Å². The third-order valence-electron chi connectivity index (χ3n) is 10.9. The highest BCUT2D eigenvalue weighted by atomic mass is 35.5. The molecule has 2 fully saturated rings. The van der Waals surface area contributed by atoms with E-state index in [-0.39, 0.29) is 37.1 Å². The molecule has 9 nitrogen and oxygen atoms in total. The average Bonchev–Trinajstić information content (AvgIpc) is 3.43. The lowest BCUT2D eigenvalue weighted by Crippen LogP contribution is -2.42. The number of hydrogen-bond acceptors (Lipinski definition) is 7. The molecule has 3 aromatic carbocycles. The van der Waals surface area contributed by atoms with Gasteiger partial charge in [0.1, 0.15) is 12.4 Å². The van der Waals surface area contributed by atoms with E-state index in [2.05, 4.69) is 54.1 Å². The molecule has 0 spiro atoms. The Labute approximate surface area is 316 Å².